The SMILES string of the molecule is NNC(=O)C1CCCCN1N=O. The first-order chi connectivity index (χ1) is 5.79. The molecule has 0 aromatic rings. The van der Waals surface area contributed by atoms with E-state index >= 15 is 0 Å². The van der Waals surface area contributed by atoms with E-state index in [0.29, 0.717) is 13.0 Å². The molecule has 68 valence electrons. The fourth-order valence-electron chi connectivity index (χ4n) is 1.38. The van der Waals surface area contributed by atoms with Crippen molar-refractivity contribution in [3.8, 4) is 0 Å². The van der Waals surface area contributed by atoms with Gasteiger partial charge in [0.15, 0.2) is 0 Å². The molecule has 0 aromatic heterocycles. The number of piperidine rings is 1. The molecule has 1 heterocycles. The van der Waals surface area contributed by atoms with Gasteiger partial charge in [0, 0.05) is 6.54 Å². The highest BCUT2D eigenvalue weighted by Crippen LogP contribution is 2.16. The molecule has 1 fully saturated rings. The smallest absolute Gasteiger partial charge is 0.258 e. The maximum absolute atomic E-state index is 11.1. The number of hydrogen-bond acceptors (Lipinski definition) is 4. The molecule has 0 radical (unpaired) electrons. The largest absolute Gasteiger partial charge is 0.292 e. The van der Waals surface area contributed by atoms with Crippen LogP contribution in [0, 0.1) is 4.91 Å². The van der Waals surface area contributed by atoms with Crippen molar-refractivity contribution in [3.05, 3.63) is 4.91 Å². The molecule has 6 nitrogen and oxygen atoms in total. The van der Waals surface area contributed by atoms with Crippen molar-refractivity contribution in [1.82, 2.24) is 10.4 Å². The van der Waals surface area contributed by atoms with E-state index < -0.39 is 6.04 Å². The second kappa shape index (κ2) is 4.01. The van der Waals surface area contributed by atoms with Crippen LogP contribution >= 0.6 is 0 Å². The number of hydrazine groups is 1. The van der Waals surface area contributed by atoms with Crippen LogP contribution in [0.2, 0.25) is 0 Å². The fraction of sp³-hybridized carbons (Fsp3) is 0.833. The van der Waals surface area contributed by atoms with Crippen LogP contribution < -0.4 is 11.3 Å². The van der Waals surface area contributed by atoms with Crippen LogP contribution in [0.25, 0.3) is 0 Å². The summed E-state index contributed by atoms with van der Waals surface area (Å²) in [5.74, 6) is 4.61. The predicted octanol–water partition coefficient (Wildman–Crippen LogP) is -0.488. The van der Waals surface area contributed by atoms with E-state index in [1.165, 1.54) is 5.01 Å². The zero-order chi connectivity index (χ0) is 8.97. The van der Waals surface area contributed by atoms with Crippen LogP contribution in [0.3, 0.4) is 0 Å². The average Bonchev–Trinajstić information content (AvgIpc) is 2.16. The number of amides is 1. The highest BCUT2D eigenvalue weighted by atomic mass is 16.3. The van der Waals surface area contributed by atoms with Crippen LogP contribution in [0.5, 0.6) is 0 Å². The van der Waals surface area contributed by atoms with Gasteiger partial charge >= 0.3 is 0 Å². The van der Waals surface area contributed by atoms with Gasteiger partial charge in [0.2, 0.25) is 0 Å². The summed E-state index contributed by atoms with van der Waals surface area (Å²) in [7, 11) is 0. The molecule has 1 aliphatic rings. The molecule has 1 saturated heterocycles. The third-order valence-electron chi connectivity index (χ3n) is 2.02. The summed E-state index contributed by atoms with van der Waals surface area (Å²) in [5, 5.41) is 4.01. The van der Waals surface area contributed by atoms with E-state index in [1.54, 1.807) is 0 Å². The van der Waals surface area contributed by atoms with Crippen LogP contribution in [0.1, 0.15) is 19.3 Å². The van der Waals surface area contributed by atoms with Gasteiger partial charge in [-0.2, -0.15) is 0 Å². The number of rotatable bonds is 2. The summed E-state index contributed by atoms with van der Waals surface area (Å²) in [6.45, 7) is 0.543. The van der Waals surface area contributed by atoms with Gasteiger partial charge in [0.05, 0.1) is 5.29 Å². The summed E-state index contributed by atoms with van der Waals surface area (Å²) >= 11 is 0. The Morgan fingerprint density at radius 2 is 2.33 bits per heavy atom. The Morgan fingerprint density at radius 3 is 2.92 bits per heavy atom. The van der Waals surface area contributed by atoms with E-state index in [9.17, 15) is 9.70 Å². The lowest BCUT2D eigenvalue weighted by atomic mass is 10.0. The van der Waals surface area contributed by atoms with E-state index in [2.05, 4.69) is 5.29 Å². The second-order valence-corrected chi connectivity index (χ2v) is 2.76. The summed E-state index contributed by atoms with van der Waals surface area (Å²) in [6.07, 6.45) is 2.49. The number of nitroso groups, excluding NO2 is 1. The minimum atomic E-state index is -0.471. The molecule has 0 bridgehead atoms. The maximum atomic E-state index is 11.1. The van der Waals surface area contributed by atoms with Gasteiger partial charge in [0.1, 0.15) is 6.04 Å². The van der Waals surface area contributed by atoms with Crippen molar-refractivity contribution in [2.45, 2.75) is 25.3 Å². The monoisotopic (exact) mass is 172 g/mol. The van der Waals surface area contributed by atoms with E-state index in [-0.39, 0.29) is 5.91 Å². The molecule has 0 saturated carbocycles. The van der Waals surface area contributed by atoms with E-state index in [1.807, 2.05) is 5.43 Å². The van der Waals surface area contributed by atoms with Crippen molar-refractivity contribution in [2.75, 3.05) is 6.54 Å². The first-order valence-electron chi connectivity index (χ1n) is 3.90. The Hall–Kier alpha value is -1.17. The average molecular weight is 172 g/mol. The molecular formula is C6H12N4O2. The van der Waals surface area contributed by atoms with Gasteiger partial charge in [-0.3, -0.25) is 10.2 Å². The Bertz CT molecular complexity index is 184. The van der Waals surface area contributed by atoms with Crippen LogP contribution in [-0.2, 0) is 4.79 Å². The summed E-state index contributed by atoms with van der Waals surface area (Å²) < 4.78 is 0. The summed E-state index contributed by atoms with van der Waals surface area (Å²) in [5.41, 5.74) is 2.02. The molecule has 6 heteroatoms. The number of carbonyl (C=O) groups is 1. The zero-order valence-corrected chi connectivity index (χ0v) is 6.69. The first kappa shape index (κ1) is 8.92. The second-order valence-electron chi connectivity index (χ2n) is 2.76. The molecule has 0 spiro atoms. The Kier molecular flexibility index (Phi) is 2.98. The molecule has 3 N–H and O–H groups in total. The Morgan fingerprint density at radius 1 is 1.58 bits per heavy atom. The Labute approximate surface area is 70.0 Å². The van der Waals surface area contributed by atoms with Crippen molar-refractivity contribution >= 4 is 5.91 Å². The van der Waals surface area contributed by atoms with E-state index in [4.69, 9.17) is 5.84 Å². The molecule has 0 aliphatic carbocycles. The number of carbonyl (C=O) groups excluding carboxylic acids is 1. The van der Waals surface area contributed by atoms with E-state index in [0.717, 1.165) is 12.8 Å². The highest BCUT2D eigenvalue weighted by Gasteiger charge is 2.27. The van der Waals surface area contributed by atoms with Crippen LogP contribution in [0.15, 0.2) is 5.29 Å². The van der Waals surface area contributed by atoms with Crippen molar-refractivity contribution in [2.24, 2.45) is 11.1 Å². The predicted molar refractivity (Wildman–Crippen MR) is 42.5 cm³/mol. The molecule has 0 aromatic carbocycles. The van der Waals surface area contributed by atoms with Crippen molar-refractivity contribution in [1.29, 1.82) is 0 Å². The zero-order valence-electron chi connectivity index (χ0n) is 6.69. The molecule has 1 unspecified atom stereocenters. The lowest BCUT2D eigenvalue weighted by Gasteiger charge is -2.28. The number of nitrogens with one attached hydrogen (secondary N) is 1. The normalized spacial score (nSPS) is 23.4. The van der Waals surface area contributed by atoms with Crippen LogP contribution in [-0.4, -0.2) is 23.5 Å². The molecule has 1 aliphatic heterocycles. The lowest BCUT2D eigenvalue weighted by Crippen LogP contribution is -2.48. The molecular weight excluding hydrogens is 160 g/mol. The molecule has 1 amide bonds. The minimum absolute atomic E-state index is 0.339. The van der Waals surface area contributed by atoms with Gasteiger partial charge in [0.25, 0.3) is 5.91 Å². The summed E-state index contributed by atoms with van der Waals surface area (Å²) in [6, 6.07) is -0.471. The van der Waals surface area contributed by atoms with Gasteiger partial charge < -0.3 is 0 Å². The maximum Gasteiger partial charge on any atom is 0.258 e. The standard InChI is InChI=1S/C6H12N4O2/c7-8-6(11)5-3-1-2-4-10(5)9-12/h5H,1-4,7H2,(H,8,11). The fourth-order valence-corrected chi connectivity index (χ4v) is 1.38. The third kappa shape index (κ3) is 1.70. The lowest BCUT2D eigenvalue weighted by molar-refractivity contribution is -0.127. The summed E-state index contributed by atoms with van der Waals surface area (Å²) in [4.78, 5) is 21.3. The molecule has 1 atom stereocenters. The van der Waals surface area contributed by atoms with Crippen molar-refractivity contribution < 1.29 is 4.79 Å². The third-order valence-corrected chi connectivity index (χ3v) is 2.02. The van der Waals surface area contributed by atoms with Gasteiger partial charge in [-0.25, -0.2) is 10.9 Å². The highest BCUT2D eigenvalue weighted by molar-refractivity contribution is 5.81. The first-order valence-corrected chi connectivity index (χ1v) is 3.90. The van der Waals surface area contributed by atoms with Crippen molar-refractivity contribution in [3.63, 3.8) is 0 Å². The number of nitrogens with zero attached hydrogens (tertiary/aromatic N) is 2. The quantitative estimate of drug-likeness (QED) is 0.255. The van der Waals surface area contributed by atoms with Crippen LogP contribution in [0.4, 0.5) is 0 Å². The Balaban J connectivity index is 2.58. The topological polar surface area (TPSA) is 87.8 Å². The molecule has 1 rings (SSSR count). The van der Waals surface area contributed by atoms with Gasteiger partial charge in [-0.05, 0) is 19.3 Å². The number of hydrogen-bond donors (Lipinski definition) is 2. The molecule has 12 heavy (non-hydrogen) atoms. The number of nitrogens with two attached hydrogens (primary N) is 1. The van der Waals surface area contributed by atoms with Gasteiger partial charge in [-0.15, -0.1) is 4.91 Å². The van der Waals surface area contributed by atoms with Gasteiger partial charge in [-0.1, -0.05) is 0 Å². The minimum Gasteiger partial charge on any atom is -0.292 e.